The highest BCUT2D eigenvalue weighted by Gasteiger charge is 2.45. The lowest BCUT2D eigenvalue weighted by molar-refractivity contribution is -0.134. The number of carbonyl (C=O) groups is 2. The van der Waals surface area contributed by atoms with Gasteiger partial charge >= 0.3 is 0 Å². The van der Waals surface area contributed by atoms with E-state index in [1.165, 1.54) is 12.0 Å². The molecule has 5 rings (SSSR count). The molecule has 0 bridgehead atoms. The van der Waals surface area contributed by atoms with Crippen LogP contribution in [0.3, 0.4) is 0 Å². The summed E-state index contributed by atoms with van der Waals surface area (Å²) in [6, 6.07) is 16.6. The van der Waals surface area contributed by atoms with Gasteiger partial charge in [0, 0.05) is 6.54 Å². The predicted octanol–water partition coefficient (Wildman–Crippen LogP) is 4.44. The Morgan fingerprint density at radius 3 is 2.55 bits per heavy atom. The number of nitrogens with zero attached hydrogens (tertiary/aromatic N) is 2. The van der Waals surface area contributed by atoms with Crippen molar-refractivity contribution in [3.05, 3.63) is 71.3 Å². The van der Waals surface area contributed by atoms with Crippen LogP contribution in [0.5, 0.6) is 17.2 Å². The maximum Gasteiger partial charge on any atom is 0.263 e. The minimum absolute atomic E-state index is 0.114. The fraction of sp³-hybridized carbons (Fsp3) is 0.323. The van der Waals surface area contributed by atoms with Gasteiger partial charge < -0.3 is 24.9 Å². The third kappa shape index (κ3) is 4.88. The minimum atomic E-state index is -0.869. The van der Waals surface area contributed by atoms with Crippen LogP contribution >= 0.6 is 0 Å². The predicted molar refractivity (Wildman–Crippen MR) is 153 cm³/mol. The van der Waals surface area contributed by atoms with Crippen molar-refractivity contribution >= 4 is 22.8 Å². The summed E-state index contributed by atoms with van der Waals surface area (Å²) in [4.78, 5) is 36.7. The molecule has 3 N–H and O–H groups in total. The molecule has 0 radical (unpaired) electrons. The van der Waals surface area contributed by atoms with Gasteiger partial charge in [0.1, 0.15) is 17.1 Å². The standard InChI is InChI=1S/C31H34N4O5/c1-31(2)21-11-12-22-27(34-28(33-22)20-8-5-6-9-24(20)39-3)26(21)29(37)35(30(31)38)17-7-15-32-16-14-19-10-13-23(36)25(18-19)40-4/h5-6,8-13,18,32,36H,7,14-17H2,1-4H3,(H,33,34). The van der Waals surface area contributed by atoms with Crippen LogP contribution in [-0.4, -0.2) is 65.6 Å². The second-order valence-electron chi connectivity index (χ2n) is 10.4. The van der Waals surface area contributed by atoms with Gasteiger partial charge in [-0.25, -0.2) is 4.98 Å². The topological polar surface area (TPSA) is 117 Å². The average Bonchev–Trinajstić information content (AvgIpc) is 3.40. The highest BCUT2D eigenvalue weighted by molar-refractivity contribution is 6.18. The number of hydrogen-bond donors (Lipinski definition) is 3. The first-order valence-electron chi connectivity index (χ1n) is 13.4. The van der Waals surface area contributed by atoms with E-state index in [4.69, 9.17) is 14.5 Å². The van der Waals surface area contributed by atoms with E-state index in [9.17, 15) is 14.7 Å². The third-order valence-electron chi connectivity index (χ3n) is 7.50. The van der Waals surface area contributed by atoms with Gasteiger partial charge in [-0.15, -0.1) is 0 Å². The second kappa shape index (κ2) is 11.0. The molecule has 1 aliphatic heterocycles. The van der Waals surface area contributed by atoms with E-state index in [0.29, 0.717) is 60.0 Å². The number of imidazole rings is 1. The quantitative estimate of drug-likeness (QED) is 0.200. The molecular weight excluding hydrogens is 508 g/mol. The Morgan fingerprint density at radius 2 is 1.77 bits per heavy atom. The van der Waals surface area contributed by atoms with Crippen LogP contribution in [0.4, 0.5) is 0 Å². The molecule has 9 heteroatoms. The molecule has 0 aliphatic carbocycles. The van der Waals surface area contributed by atoms with Gasteiger partial charge in [0.15, 0.2) is 11.5 Å². The first-order valence-corrected chi connectivity index (χ1v) is 13.4. The van der Waals surface area contributed by atoms with Crippen molar-refractivity contribution in [2.45, 2.75) is 32.1 Å². The summed E-state index contributed by atoms with van der Waals surface area (Å²) in [5, 5.41) is 13.1. The van der Waals surface area contributed by atoms with Gasteiger partial charge in [0.2, 0.25) is 5.91 Å². The minimum Gasteiger partial charge on any atom is -0.504 e. The number of amides is 2. The number of nitrogens with one attached hydrogen (secondary N) is 2. The van der Waals surface area contributed by atoms with E-state index < -0.39 is 5.41 Å². The zero-order valence-electron chi connectivity index (χ0n) is 23.2. The molecular formula is C31H34N4O5. The lowest BCUT2D eigenvalue weighted by atomic mass is 9.76. The Kier molecular flexibility index (Phi) is 7.49. The summed E-state index contributed by atoms with van der Waals surface area (Å²) in [6.45, 7) is 5.38. The van der Waals surface area contributed by atoms with Crippen LogP contribution in [0.1, 0.15) is 41.8 Å². The monoisotopic (exact) mass is 542 g/mol. The molecule has 1 aliphatic rings. The van der Waals surface area contributed by atoms with Gasteiger partial charge in [-0.1, -0.05) is 24.3 Å². The summed E-state index contributed by atoms with van der Waals surface area (Å²) in [6.07, 6.45) is 1.37. The lowest BCUT2D eigenvalue weighted by Crippen LogP contribution is -2.52. The number of imide groups is 1. The molecule has 4 aromatic rings. The molecule has 0 atom stereocenters. The van der Waals surface area contributed by atoms with Gasteiger partial charge in [0.05, 0.1) is 36.3 Å². The largest absolute Gasteiger partial charge is 0.504 e. The highest BCUT2D eigenvalue weighted by atomic mass is 16.5. The molecule has 0 unspecified atom stereocenters. The number of ether oxygens (including phenoxy) is 2. The zero-order valence-corrected chi connectivity index (χ0v) is 23.2. The van der Waals surface area contributed by atoms with Crippen molar-refractivity contribution in [3.8, 4) is 28.6 Å². The lowest BCUT2D eigenvalue weighted by Gasteiger charge is -2.37. The van der Waals surface area contributed by atoms with E-state index in [1.54, 1.807) is 13.2 Å². The zero-order chi connectivity index (χ0) is 28.4. The molecule has 2 amide bonds. The van der Waals surface area contributed by atoms with Gasteiger partial charge in [-0.3, -0.25) is 14.5 Å². The van der Waals surface area contributed by atoms with E-state index in [2.05, 4.69) is 10.3 Å². The number of benzene rings is 3. The first-order chi connectivity index (χ1) is 19.3. The number of para-hydroxylation sites is 1. The molecule has 0 spiro atoms. The normalized spacial score (nSPS) is 14.4. The van der Waals surface area contributed by atoms with Crippen LogP contribution in [0.25, 0.3) is 22.4 Å². The van der Waals surface area contributed by atoms with Crippen LogP contribution in [0.15, 0.2) is 54.6 Å². The van der Waals surface area contributed by atoms with Crippen molar-refractivity contribution in [3.63, 3.8) is 0 Å². The molecule has 0 saturated carbocycles. The fourth-order valence-corrected chi connectivity index (χ4v) is 5.26. The van der Waals surface area contributed by atoms with Gasteiger partial charge in [-0.2, -0.15) is 0 Å². The second-order valence-corrected chi connectivity index (χ2v) is 10.4. The molecule has 3 aromatic carbocycles. The van der Waals surface area contributed by atoms with E-state index >= 15 is 0 Å². The molecule has 0 fully saturated rings. The maximum atomic E-state index is 13.8. The number of aromatic amines is 1. The summed E-state index contributed by atoms with van der Waals surface area (Å²) >= 11 is 0. The van der Waals surface area contributed by atoms with Crippen molar-refractivity contribution in [1.29, 1.82) is 0 Å². The van der Waals surface area contributed by atoms with Crippen molar-refractivity contribution in [2.24, 2.45) is 0 Å². The number of H-pyrrole nitrogens is 1. The number of methoxy groups -OCH3 is 2. The van der Waals surface area contributed by atoms with Crippen molar-refractivity contribution < 1.29 is 24.2 Å². The molecule has 2 heterocycles. The average molecular weight is 543 g/mol. The summed E-state index contributed by atoms with van der Waals surface area (Å²) in [7, 11) is 3.13. The molecule has 40 heavy (non-hydrogen) atoms. The summed E-state index contributed by atoms with van der Waals surface area (Å²) < 4.78 is 10.7. The number of carbonyl (C=O) groups excluding carboxylic acids is 2. The van der Waals surface area contributed by atoms with E-state index in [-0.39, 0.29) is 17.6 Å². The SMILES string of the molecule is COc1cc(CCNCCCN2C(=O)c3c(ccc4[nH]c(-c5ccccc5OC)nc34)C(C)(C)C2=O)ccc1O. The van der Waals surface area contributed by atoms with Gasteiger partial charge in [-0.05, 0) is 81.2 Å². The molecule has 9 nitrogen and oxygen atoms in total. The smallest absolute Gasteiger partial charge is 0.263 e. The fourth-order valence-electron chi connectivity index (χ4n) is 5.26. The number of aromatic nitrogens is 2. The number of aromatic hydroxyl groups is 1. The number of phenols is 1. The van der Waals surface area contributed by atoms with Crippen LogP contribution in [-0.2, 0) is 16.6 Å². The Morgan fingerprint density at radius 1 is 1.00 bits per heavy atom. The number of rotatable bonds is 10. The maximum absolute atomic E-state index is 13.8. The van der Waals surface area contributed by atoms with Gasteiger partial charge in [0.25, 0.3) is 5.91 Å². The highest BCUT2D eigenvalue weighted by Crippen LogP contribution is 2.39. The number of fused-ring (bicyclic) bond motifs is 3. The van der Waals surface area contributed by atoms with Crippen LogP contribution in [0.2, 0.25) is 0 Å². The number of phenolic OH excluding ortho intramolecular Hbond substituents is 1. The Hall–Kier alpha value is -4.37. The number of hydrogen-bond acceptors (Lipinski definition) is 7. The van der Waals surface area contributed by atoms with E-state index in [1.807, 2.05) is 62.4 Å². The Labute approximate surface area is 233 Å². The van der Waals surface area contributed by atoms with E-state index in [0.717, 1.165) is 23.1 Å². The molecule has 0 saturated heterocycles. The summed E-state index contributed by atoms with van der Waals surface area (Å²) in [5.74, 6) is 1.31. The Bertz CT molecular complexity index is 1580. The van der Waals surface area contributed by atoms with Crippen molar-refractivity contribution in [2.75, 3.05) is 33.9 Å². The molecule has 208 valence electrons. The van der Waals surface area contributed by atoms with Crippen molar-refractivity contribution in [1.82, 2.24) is 20.2 Å². The first kappa shape index (κ1) is 27.2. The molecule has 1 aromatic heterocycles. The third-order valence-corrected chi connectivity index (χ3v) is 7.50. The summed E-state index contributed by atoms with van der Waals surface area (Å²) in [5.41, 5.74) is 3.40. The van der Waals surface area contributed by atoms with Crippen LogP contribution < -0.4 is 14.8 Å². The van der Waals surface area contributed by atoms with Crippen LogP contribution in [0, 0.1) is 0 Å². The Balaban J connectivity index is 1.31.